The second-order valence-electron chi connectivity index (χ2n) is 4.68. The molecule has 0 aromatic rings. The smallest absolute Gasteiger partial charge is 0.406 e. The van der Waals surface area contributed by atoms with Crippen molar-refractivity contribution in [3.8, 4) is 0 Å². The van der Waals surface area contributed by atoms with Gasteiger partial charge in [-0.15, -0.1) is 0 Å². The maximum Gasteiger partial charge on any atom is 0.406 e. The van der Waals surface area contributed by atoms with Crippen LogP contribution in [-0.4, -0.2) is 47.3 Å². The zero-order valence-electron chi connectivity index (χ0n) is 10.5. The summed E-state index contributed by atoms with van der Waals surface area (Å²) in [5.41, 5.74) is -0.880. The first-order chi connectivity index (χ1) is 7.93. The van der Waals surface area contributed by atoms with Crippen molar-refractivity contribution in [2.75, 3.05) is 13.6 Å². The predicted molar refractivity (Wildman–Crippen MR) is 58.2 cm³/mol. The van der Waals surface area contributed by atoms with Crippen LogP contribution < -0.4 is 5.32 Å². The Bertz CT molecular complexity index is 316. The van der Waals surface area contributed by atoms with Crippen LogP contribution in [0.4, 0.5) is 18.0 Å². The number of carbonyl (C=O) groups is 2. The number of urea groups is 1. The van der Waals surface area contributed by atoms with Crippen LogP contribution in [0.5, 0.6) is 0 Å². The second-order valence-corrected chi connectivity index (χ2v) is 4.68. The number of carbonyl (C=O) groups excluding carboxylic acids is 1. The lowest BCUT2D eigenvalue weighted by atomic mass is 9.99. The molecule has 0 saturated heterocycles. The van der Waals surface area contributed by atoms with Gasteiger partial charge in [-0.25, -0.2) is 4.79 Å². The maximum absolute atomic E-state index is 12.1. The van der Waals surface area contributed by atoms with Crippen LogP contribution in [0.25, 0.3) is 0 Å². The molecule has 5 nitrogen and oxygen atoms in total. The quantitative estimate of drug-likeness (QED) is 0.800. The zero-order chi connectivity index (χ0) is 14.6. The minimum Gasteiger partial charge on any atom is -0.481 e. The Morgan fingerprint density at radius 1 is 1.28 bits per heavy atom. The Kier molecular flexibility index (Phi) is 5.44. The first kappa shape index (κ1) is 16.5. The van der Waals surface area contributed by atoms with E-state index in [9.17, 15) is 22.8 Å². The first-order valence-corrected chi connectivity index (χ1v) is 5.25. The molecule has 0 aliphatic carbocycles. The van der Waals surface area contributed by atoms with Crippen LogP contribution in [0, 0.1) is 0 Å². The van der Waals surface area contributed by atoms with Gasteiger partial charge in [0.2, 0.25) is 0 Å². The third kappa shape index (κ3) is 7.75. The van der Waals surface area contributed by atoms with Gasteiger partial charge in [0.1, 0.15) is 6.54 Å². The number of nitrogens with zero attached hydrogens (tertiary/aromatic N) is 1. The molecule has 0 rings (SSSR count). The van der Waals surface area contributed by atoms with Crippen LogP contribution in [-0.2, 0) is 4.79 Å². The molecular weight excluding hydrogens is 253 g/mol. The molecule has 18 heavy (non-hydrogen) atoms. The summed E-state index contributed by atoms with van der Waals surface area (Å²) in [5.74, 6) is -1.03. The lowest BCUT2D eigenvalue weighted by Crippen LogP contribution is -2.50. The average molecular weight is 270 g/mol. The SMILES string of the molecule is CN(CC(F)(F)F)C(=O)NC(C)(C)CCC(=O)O. The molecule has 0 atom stereocenters. The van der Waals surface area contributed by atoms with Crippen molar-refractivity contribution in [1.82, 2.24) is 10.2 Å². The van der Waals surface area contributed by atoms with E-state index < -0.39 is 30.3 Å². The third-order valence-electron chi connectivity index (χ3n) is 2.17. The first-order valence-electron chi connectivity index (χ1n) is 5.25. The molecule has 0 aliphatic rings. The number of hydrogen-bond acceptors (Lipinski definition) is 2. The van der Waals surface area contributed by atoms with Crippen LogP contribution in [0.1, 0.15) is 26.7 Å². The van der Waals surface area contributed by atoms with Gasteiger partial charge in [0.25, 0.3) is 0 Å². The van der Waals surface area contributed by atoms with Crippen molar-refractivity contribution in [3.63, 3.8) is 0 Å². The van der Waals surface area contributed by atoms with E-state index in [-0.39, 0.29) is 12.8 Å². The third-order valence-corrected chi connectivity index (χ3v) is 2.17. The van der Waals surface area contributed by atoms with Crippen molar-refractivity contribution >= 4 is 12.0 Å². The fourth-order valence-electron chi connectivity index (χ4n) is 1.21. The summed E-state index contributed by atoms with van der Waals surface area (Å²) in [5, 5.41) is 10.9. The fraction of sp³-hybridized carbons (Fsp3) is 0.800. The topological polar surface area (TPSA) is 69.6 Å². The summed E-state index contributed by atoms with van der Waals surface area (Å²) in [6, 6.07) is -0.886. The predicted octanol–water partition coefficient (Wildman–Crippen LogP) is 1.83. The van der Waals surface area contributed by atoms with Crippen molar-refractivity contribution < 1.29 is 27.9 Å². The van der Waals surface area contributed by atoms with Crippen molar-refractivity contribution in [3.05, 3.63) is 0 Å². The number of halogens is 3. The van der Waals surface area contributed by atoms with Gasteiger partial charge in [-0.2, -0.15) is 13.2 Å². The average Bonchev–Trinajstić information content (AvgIpc) is 2.11. The highest BCUT2D eigenvalue weighted by Gasteiger charge is 2.32. The van der Waals surface area contributed by atoms with E-state index in [2.05, 4.69) is 5.32 Å². The number of carboxylic acids is 1. The normalized spacial score (nSPS) is 12.1. The van der Waals surface area contributed by atoms with Gasteiger partial charge < -0.3 is 15.3 Å². The lowest BCUT2D eigenvalue weighted by molar-refractivity contribution is -0.138. The van der Waals surface area contributed by atoms with Crippen LogP contribution in [0.3, 0.4) is 0 Å². The Morgan fingerprint density at radius 2 is 1.78 bits per heavy atom. The Morgan fingerprint density at radius 3 is 2.17 bits per heavy atom. The number of aliphatic carboxylic acids is 1. The van der Waals surface area contributed by atoms with Gasteiger partial charge in [0.05, 0.1) is 0 Å². The summed E-state index contributed by atoms with van der Waals surface area (Å²) in [4.78, 5) is 22.3. The highest BCUT2D eigenvalue weighted by molar-refractivity contribution is 5.75. The molecule has 0 aromatic carbocycles. The molecule has 0 aromatic heterocycles. The van der Waals surface area contributed by atoms with Crippen molar-refractivity contribution in [2.24, 2.45) is 0 Å². The molecule has 2 N–H and O–H groups in total. The minimum atomic E-state index is -4.46. The molecule has 0 unspecified atom stereocenters. The highest BCUT2D eigenvalue weighted by Crippen LogP contribution is 2.17. The Labute approximate surface area is 103 Å². The highest BCUT2D eigenvalue weighted by atomic mass is 19.4. The molecular formula is C10H17F3N2O3. The molecule has 0 fully saturated rings. The van der Waals surface area contributed by atoms with Crippen LogP contribution >= 0.6 is 0 Å². The zero-order valence-corrected chi connectivity index (χ0v) is 10.5. The van der Waals surface area contributed by atoms with E-state index in [0.29, 0.717) is 4.90 Å². The molecule has 0 heterocycles. The van der Waals surface area contributed by atoms with E-state index in [1.54, 1.807) is 13.8 Å². The molecule has 0 saturated carbocycles. The summed E-state index contributed by atoms with van der Waals surface area (Å²) in [7, 11) is 1.02. The summed E-state index contributed by atoms with van der Waals surface area (Å²) in [6.45, 7) is 1.75. The molecule has 0 radical (unpaired) electrons. The molecule has 0 spiro atoms. The van der Waals surface area contributed by atoms with E-state index in [0.717, 1.165) is 7.05 Å². The maximum atomic E-state index is 12.1. The van der Waals surface area contributed by atoms with Gasteiger partial charge in [0.15, 0.2) is 0 Å². The van der Waals surface area contributed by atoms with E-state index in [1.807, 2.05) is 0 Å². The number of alkyl halides is 3. The molecule has 0 bridgehead atoms. The largest absolute Gasteiger partial charge is 0.481 e. The number of carboxylic acid groups (broad SMARTS) is 1. The molecule has 8 heteroatoms. The van der Waals surface area contributed by atoms with Crippen LogP contribution in [0.2, 0.25) is 0 Å². The van der Waals surface area contributed by atoms with Gasteiger partial charge in [-0.1, -0.05) is 0 Å². The van der Waals surface area contributed by atoms with E-state index in [4.69, 9.17) is 5.11 Å². The number of hydrogen-bond donors (Lipinski definition) is 2. The molecule has 2 amide bonds. The molecule has 106 valence electrons. The summed E-state index contributed by atoms with van der Waals surface area (Å²) < 4.78 is 36.2. The van der Waals surface area contributed by atoms with E-state index >= 15 is 0 Å². The Hall–Kier alpha value is -1.47. The number of rotatable bonds is 5. The Balaban J connectivity index is 4.32. The fourth-order valence-corrected chi connectivity index (χ4v) is 1.21. The van der Waals surface area contributed by atoms with Gasteiger partial charge in [-0.05, 0) is 20.3 Å². The van der Waals surface area contributed by atoms with Gasteiger partial charge in [0, 0.05) is 19.0 Å². The number of nitrogens with one attached hydrogen (secondary N) is 1. The summed E-state index contributed by atoms with van der Waals surface area (Å²) >= 11 is 0. The molecule has 0 aliphatic heterocycles. The van der Waals surface area contributed by atoms with Gasteiger partial charge in [-0.3, -0.25) is 4.79 Å². The standard InChI is InChI=1S/C10H17F3N2O3/c1-9(2,5-4-7(16)17)14-8(18)15(3)6-10(11,12)13/h4-6H2,1-3H3,(H,14,18)(H,16,17). The van der Waals surface area contributed by atoms with E-state index in [1.165, 1.54) is 0 Å². The van der Waals surface area contributed by atoms with Crippen LogP contribution in [0.15, 0.2) is 0 Å². The van der Waals surface area contributed by atoms with Crippen molar-refractivity contribution in [2.45, 2.75) is 38.4 Å². The van der Waals surface area contributed by atoms with Crippen molar-refractivity contribution in [1.29, 1.82) is 0 Å². The lowest BCUT2D eigenvalue weighted by Gasteiger charge is -2.29. The second kappa shape index (κ2) is 5.92. The summed E-state index contributed by atoms with van der Waals surface area (Å²) in [6.07, 6.45) is -4.50. The minimum absolute atomic E-state index is 0.133. The van der Waals surface area contributed by atoms with Gasteiger partial charge >= 0.3 is 18.2 Å². The monoisotopic (exact) mass is 270 g/mol. The number of amides is 2.